The Kier molecular flexibility index (Phi) is 8.37. The van der Waals surface area contributed by atoms with E-state index in [0.717, 1.165) is 0 Å². The highest BCUT2D eigenvalue weighted by Gasteiger charge is 2.18. The first-order valence-electron chi connectivity index (χ1n) is 6.83. The van der Waals surface area contributed by atoms with Crippen molar-refractivity contribution in [1.82, 2.24) is 5.32 Å². The van der Waals surface area contributed by atoms with E-state index < -0.39 is 23.6 Å². The molecule has 0 saturated carbocycles. The van der Waals surface area contributed by atoms with Crippen LogP contribution in [-0.2, 0) is 14.3 Å². The lowest BCUT2D eigenvalue weighted by Crippen LogP contribution is -2.33. The number of ether oxygens (including phenoxy) is 2. The van der Waals surface area contributed by atoms with Crippen LogP contribution in [0.1, 0.15) is 47.0 Å². The van der Waals surface area contributed by atoms with Crippen molar-refractivity contribution in [3.8, 4) is 6.07 Å². The van der Waals surface area contributed by atoms with Crippen LogP contribution in [0.15, 0.2) is 0 Å². The molecule has 20 heavy (non-hydrogen) atoms. The van der Waals surface area contributed by atoms with E-state index in [2.05, 4.69) is 5.32 Å². The van der Waals surface area contributed by atoms with Gasteiger partial charge >= 0.3 is 12.1 Å². The Bertz CT molecular complexity index is 355. The van der Waals surface area contributed by atoms with E-state index in [-0.39, 0.29) is 6.61 Å². The van der Waals surface area contributed by atoms with Gasteiger partial charge in [-0.25, -0.2) is 4.79 Å². The van der Waals surface area contributed by atoms with Crippen molar-refractivity contribution in [3.63, 3.8) is 0 Å². The smallest absolute Gasteiger partial charge is 0.407 e. The number of carbonyl (C=O) groups excluding carboxylic acids is 2. The monoisotopic (exact) mass is 284 g/mol. The van der Waals surface area contributed by atoms with Crippen LogP contribution in [0, 0.1) is 17.2 Å². The number of nitrogens with zero attached hydrogens (tertiary/aromatic N) is 1. The fraction of sp³-hybridized carbons (Fsp3) is 0.786. The summed E-state index contributed by atoms with van der Waals surface area (Å²) in [5.74, 6) is -1.20. The van der Waals surface area contributed by atoms with Crippen molar-refractivity contribution in [3.05, 3.63) is 0 Å². The predicted octanol–water partition coefficient (Wildman–Crippen LogP) is 2.38. The number of amides is 1. The molecule has 0 rings (SSSR count). The minimum Gasteiger partial charge on any atom is -0.465 e. The molecule has 0 radical (unpaired) electrons. The van der Waals surface area contributed by atoms with Crippen LogP contribution < -0.4 is 5.32 Å². The molecule has 0 saturated heterocycles. The lowest BCUT2D eigenvalue weighted by Gasteiger charge is -2.19. The summed E-state index contributed by atoms with van der Waals surface area (Å²) in [5, 5.41) is 11.5. The van der Waals surface area contributed by atoms with Gasteiger partial charge < -0.3 is 14.8 Å². The Morgan fingerprint density at radius 1 is 1.30 bits per heavy atom. The van der Waals surface area contributed by atoms with Crippen molar-refractivity contribution >= 4 is 12.1 Å². The van der Waals surface area contributed by atoms with Crippen molar-refractivity contribution < 1.29 is 19.1 Å². The number of unbranched alkanes of at least 4 members (excludes halogenated alkanes) is 1. The lowest BCUT2D eigenvalue weighted by atomic mass is 10.0. The maximum absolute atomic E-state index is 11.4. The van der Waals surface area contributed by atoms with E-state index in [9.17, 15) is 9.59 Å². The molecule has 6 heteroatoms. The van der Waals surface area contributed by atoms with Crippen LogP contribution >= 0.6 is 0 Å². The number of esters is 1. The second-order valence-electron chi connectivity index (χ2n) is 5.36. The van der Waals surface area contributed by atoms with Gasteiger partial charge in [0.15, 0.2) is 0 Å². The Balaban J connectivity index is 3.78. The van der Waals surface area contributed by atoms with E-state index >= 15 is 0 Å². The molecular formula is C14H24N2O4. The Morgan fingerprint density at radius 2 is 1.95 bits per heavy atom. The molecule has 1 N–H and O–H groups in total. The summed E-state index contributed by atoms with van der Waals surface area (Å²) in [6, 6.07) is 1.93. The highest BCUT2D eigenvalue weighted by molar-refractivity contribution is 5.75. The van der Waals surface area contributed by atoms with E-state index in [1.165, 1.54) is 0 Å². The minimum atomic E-state index is -0.725. The molecule has 114 valence electrons. The van der Waals surface area contributed by atoms with Crippen LogP contribution in [0.5, 0.6) is 0 Å². The SMILES string of the molecule is CCOC(=O)C(C#N)CCCCNC(=O)OC(C)(C)C. The molecule has 1 amide bonds. The van der Waals surface area contributed by atoms with Gasteiger partial charge in [0.1, 0.15) is 11.5 Å². The van der Waals surface area contributed by atoms with Gasteiger partial charge in [0.05, 0.1) is 12.7 Å². The lowest BCUT2D eigenvalue weighted by molar-refractivity contribution is -0.146. The molecule has 6 nitrogen and oxygen atoms in total. The molecule has 0 aromatic heterocycles. The Labute approximate surface area is 120 Å². The average Bonchev–Trinajstić information content (AvgIpc) is 2.31. The van der Waals surface area contributed by atoms with E-state index in [0.29, 0.717) is 25.8 Å². The van der Waals surface area contributed by atoms with Gasteiger partial charge in [-0.15, -0.1) is 0 Å². The molecule has 1 unspecified atom stereocenters. The summed E-state index contributed by atoms with van der Waals surface area (Å²) in [5.41, 5.74) is -0.514. The number of hydrogen-bond acceptors (Lipinski definition) is 5. The minimum absolute atomic E-state index is 0.275. The fourth-order valence-corrected chi connectivity index (χ4v) is 1.46. The van der Waals surface area contributed by atoms with Gasteiger partial charge in [0.25, 0.3) is 0 Å². The third kappa shape index (κ3) is 9.20. The third-order valence-electron chi connectivity index (χ3n) is 2.31. The summed E-state index contributed by atoms with van der Waals surface area (Å²) >= 11 is 0. The normalized spacial score (nSPS) is 12.2. The molecular weight excluding hydrogens is 260 g/mol. The highest BCUT2D eigenvalue weighted by Crippen LogP contribution is 2.10. The largest absolute Gasteiger partial charge is 0.465 e. The maximum atomic E-state index is 11.4. The van der Waals surface area contributed by atoms with Crippen LogP contribution in [-0.4, -0.2) is 30.8 Å². The van der Waals surface area contributed by atoms with Gasteiger partial charge in [-0.05, 0) is 47.0 Å². The van der Waals surface area contributed by atoms with Crippen molar-refractivity contribution in [2.24, 2.45) is 5.92 Å². The topological polar surface area (TPSA) is 88.4 Å². The standard InChI is InChI=1S/C14H24N2O4/c1-5-19-12(17)11(10-15)8-6-7-9-16-13(18)20-14(2,3)4/h11H,5-9H2,1-4H3,(H,16,18). The van der Waals surface area contributed by atoms with Gasteiger partial charge in [-0.1, -0.05) is 0 Å². The van der Waals surface area contributed by atoms with Crippen LogP contribution in [0.25, 0.3) is 0 Å². The predicted molar refractivity (Wildman–Crippen MR) is 73.8 cm³/mol. The molecule has 0 aliphatic carbocycles. The Morgan fingerprint density at radius 3 is 2.45 bits per heavy atom. The van der Waals surface area contributed by atoms with Gasteiger partial charge in [0.2, 0.25) is 0 Å². The summed E-state index contributed by atoms with van der Waals surface area (Å²) < 4.78 is 9.87. The number of nitrogens with one attached hydrogen (secondary N) is 1. The molecule has 0 aromatic carbocycles. The van der Waals surface area contributed by atoms with E-state index in [4.69, 9.17) is 14.7 Å². The number of nitriles is 1. The first-order valence-corrected chi connectivity index (χ1v) is 6.83. The zero-order valence-corrected chi connectivity index (χ0v) is 12.7. The van der Waals surface area contributed by atoms with Crippen LogP contribution in [0.2, 0.25) is 0 Å². The molecule has 0 aliphatic heterocycles. The molecule has 1 atom stereocenters. The summed E-state index contributed by atoms with van der Waals surface area (Å²) in [7, 11) is 0. The number of rotatable bonds is 7. The Hall–Kier alpha value is -1.77. The number of carbonyl (C=O) groups is 2. The molecule has 0 spiro atoms. The third-order valence-corrected chi connectivity index (χ3v) is 2.31. The van der Waals surface area contributed by atoms with Crippen LogP contribution in [0.4, 0.5) is 4.79 Å². The first kappa shape index (κ1) is 18.2. The van der Waals surface area contributed by atoms with Gasteiger partial charge in [-0.3, -0.25) is 4.79 Å². The van der Waals surface area contributed by atoms with Crippen molar-refractivity contribution in [2.75, 3.05) is 13.2 Å². The molecule has 0 fully saturated rings. The van der Waals surface area contributed by atoms with Gasteiger partial charge in [0, 0.05) is 6.54 Å². The van der Waals surface area contributed by atoms with E-state index in [1.54, 1.807) is 27.7 Å². The maximum Gasteiger partial charge on any atom is 0.407 e. The first-order chi connectivity index (χ1) is 9.30. The second-order valence-corrected chi connectivity index (χ2v) is 5.36. The zero-order valence-electron chi connectivity index (χ0n) is 12.7. The van der Waals surface area contributed by atoms with Crippen molar-refractivity contribution in [1.29, 1.82) is 5.26 Å². The average molecular weight is 284 g/mol. The number of alkyl carbamates (subject to hydrolysis) is 1. The quantitative estimate of drug-likeness (QED) is 0.572. The van der Waals surface area contributed by atoms with Crippen LogP contribution in [0.3, 0.4) is 0 Å². The van der Waals surface area contributed by atoms with E-state index in [1.807, 2.05) is 6.07 Å². The molecule has 0 bridgehead atoms. The molecule has 0 aliphatic rings. The number of hydrogen-bond donors (Lipinski definition) is 1. The second kappa shape index (κ2) is 9.18. The summed E-state index contributed by atoms with van der Waals surface area (Å²) in [4.78, 5) is 22.7. The summed E-state index contributed by atoms with van der Waals surface area (Å²) in [6.07, 6.45) is 1.31. The van der Waals surface area contributed by atoms with Gasteiger partial charge in [-0.2, -0.15) is 5.26 Å². The van der Waals surface area contributed by atoms with Crippen molar-refractivity contribution in [2.45, 2.75) is 52.6 Å². The summed E-state index contributed by atoms with van der Waals surface area (Å²) in [6.45, 7) is 7.82. The fourth-order valence-electron chi connectivity index (χ4n) is 1.46. The highest BCUT2D eigenvalue weighted by atomic mass is 16.6. The molecule has 0 heterocycles. The zero-order chi connectivity index (χ0) is 15.6. The molecule has 0 aromatic rings.